The zero-order chi connectivity index (χ0) is 15.8. The van der Waals surface area contributed by atoms with Crippen molar-refractivity contribution >= 4 is 12.1 Å². The molecular weight excluding hydrogens is 282 g/mol. The van der Waals surface area contributed by atoms with Gasteiger partial charge in [0.2, 0.25) is 0 Å². The Morgan fingerprint density at radius 1 is 0.955 bits per heavy atom. The van der Waals surface area contributed by atoms with E-state index in [2.05, 4.69) is 4.74 Å². The fourth-order valence-corrected chi connectivity index (χ4v) is 2.04. The number of ether oxygens (including phenoxy) is 2. The van der Waals surface area contributed by atoms with Crippen LogP contribution in [0.25, 0.3) is 0 Å². The Morgan fingerprint density at radius 2 is 1.55 bits per heavy atom. The van der Waals surface area contributed by atoms with Crippen LogP contribution in [0, 0.1) is 0 Å². The predicted molar refractivity (Wildman–Crippen MR) is 81.2 cm³/mol. The first kappa shape index (κ1) is 15.6. The van der Waals surface area contributed by atoms with E-state index in [4.69, 9.17) is 10.5 Å². The molecule has 2 aromatic carbocycles. The minimum absolute atomic E-state index is 0.0370. The molecule has 1 unspecified atom stereocenters. The van der Waals surface area contributed by atoms with Gasteiger partial charge in [-0.25, -0.2) is 4.79 Å². The second-order valence-electron chi connectivity index (χ2n) is 4.66. The van der Waals surface area contributed by atoms with E-state index in [0.717, 1.165) is 5.56 Å². The number of carbonyl (C=O) groups is 2. The highest BCUT2D eigenvalue weighted by Crippen LogP contribution is 2.25. The van der Waals surface area contributed by atoms with Gasteiger partial charge in [0.1, 0.15) is 11.9 Å². The van der Waals surface area contributed by atoms with Crippen LogP contribution in [0.3, 0.4) is 0 Å². The predicted octanol–water partition coefficient (Wildman–Crippen LogP) is 3.21. The highest BCUT2D eigenvalue weighted by Gasteiger charge is 2.17. The second-order valence-corrected chi connectivity index (χ2v) is 4.66. The Hall–Kier alpha value is -2.82. The number of hydrogen-bond donors (Lipinski definition) is 1. The van der Waals surface area contributed by atoms with Gasteiger partial charge in [0.25, 0.3) is 0 Å². The molecule has 114 valence electrons. The topological polar surface area (TPSA) is 78.6 Å². The number of amides is 1. The number of benzene rings is 2. The summed E-state index contributed by atoms with van der Waals surface area (Å²) >= 11 is 0. The van der Waals surface area contributed by atoms with E-state index in [1.165, 1.54) is 0 Å². The van der Waals surface area contributed by atoms with Gasteiger partial charge in [0, 0.05) is 6.42 Å². The molecule has 0 heterocycles. The number of esters is 1. The number of para-hydroxylation sites is 1. The van der Waals surface area contributed by atoms with Crippen LogP contribution in [-0.4, -0.2) is 12.1 Å². The summed E-state index contributed by atoms with van der Waals surface area (Å²) in [6, 6.07) is 18.9. The van der Waals surface area contributed by atoms with E-state index < -0.39 is 12.1 Å². The van der Waals surface area contributed by atoms with Crippen molar-refractivity contribution in [2.75, 3.05) is 0 Å². The number of primary amides is 1. The first-order chi connectivity index (χ1) is 10.6. The van der Waals surface area contributed by atoms with Gasteiger partial charge in [0.15, 0.2) is 0 Å². The summed E-state index contributed by atoms with van der Waals surface area (Å²) < 4.78 is 10.3. The van der Waals surface area contributed by atoms with Crippen LogP contribution >= 0.6 is 0 Å². The molecule has 1 atom stereocenters. The lowest BCUT2D eigenvalue weighted by molar-refractivity contribution is -0.137. The van der Waals surface area contributed by atoms with Crippen molar-refractivity contribution in [1.82, 2.24) is 0 Å². The zero-order valence-corrected chi connectivity index (χ0v) is 12.0. The van der Waals surface area contributed by atoms with Gasteiger partial charge in [-0.05, 0) is 24.1 Å². The van der Waals surface area contributed by atoms with Crippen LogP contribution in [-0.2, 0) is 9.53 Å². The van der Waals surface area contributed by atoms with E-state index in [1.54, 1.807) is 0 Å². The lowest BCUT2D eigenvalue weighted by atomic mass is 10.0. The highest BCUT2D eigenvalue weighted by molar-refractivity contribution is 5.83. The molecule has 0 saturated heterocycles. The molecule has 0 aliphatic heterocycles. The summed E-state index contributed by atoms with van der Waals surface area (Å²) in [5.74, 6) is 0.0460. The lowest BCUT2D eigenvalue weighted by Crippen LogP contribution is -2.19. The van der Waals surface area contributed by atoms with Crippen LogP contribution in [0.5, 0.6) is 5.75 Å². The number of nitrogens with two attached hydrogens (primary N) is 1. The summed E-state index contributed by atoms with van der Waals surface area (Å²) in [4.78, 5) is 22.0. The maximum absolute atomic E-state index is 11.5. The summed E-state index contributed by atoms with van der Waals surface area (Å²) in [6.07, 6.45) is -0.991. The first-order valence-corrected chi connectivity index (χ1v) is 6.92. The van der Waals surface area contributed by atoms with E-state index >= 15 is 0 Å². The van der Waals surface area contributed by atoms with Crippen molar-refractivity contribution in [1.29, 1.82) is 0 Å². The maximum atomic E-state index is 11.5. The minimum Gasteiger partial charge on any atom is -0.486 e. The van der Waals surface area contributed by atoms with Crippen molar-refractivity contribution in [3.63, 3.8) is 0 Å². The Morgan fingerprint density at radius 3 is 2.14 bits per heavy atom. The third kappa shape index (κ3) is 4.94. The van der Waals surface area contributed by atoms with E-state index in [9.17, 15) is 9.59 Å². The quantitative estimate of drug-likeness (QED) is 0.656. The summed E-state index contributed by atoms with van der Waals surface area (Å²) in [5, 5.41) is 0. The van der Waals surface area contributed by atoms with Crippen molar-refractivity contribution in [3.8, 4) is 5.75 Å². The van der Waals surface area contributed by atoms with Gasteiger partial charge < -0.3 is 15.2 Å². The Labute approximate surface area is 128 Å². The van der Waals surface area contributed by atoms with Gasteiger partial charge in [-0.2, -0.15) is 0 Å². The number of rotatable bonds is 6. The third-order valence-electron chi connectivity index (χ3n) is 3.02. The van der Waals surface area contributed by atoms with E-state index in [1.807, 2.05) is 60.7 Å². The van der Waals surface area contributed by atoms with Crippen LogP contribution in [0.4, 0.5) is 4.79 Å². The van der Waals surface area contributed by atoms with Crippen molar-refractivity contribution in [3.05, 3.63) is 66.2 Å². The average molecular weight is 299 g/mol. The molecule has 0 aromatic heterocycles. The molecule has 0 bridgehead atoms. The standard InChI is InChI=1S/C17H17NO4/c18-17(20)22-16(19)12-11-15(13-7-3-1-4-8-13)21-14-9-5-2-6-10-14/h1-10,15H,11-12H2,(H2,18,20). The van der Waals surface area contributed by atoms with Crippen LogP contribution in [0.15, 0.2) is 60.7 Å². The van der Waals surface area contributed by atoms with Crippen molar-refractivity contribution < 1.29 is 19.1 Å². The molecular formula is C17H17NO4. The van der Waals surface area contributed by atoms with Crippen LogP contribution in [0.2, 0.25) is 0 Å². The monoisotopic (exact) mass is 299 g/mol. The summed E-state index contributed by atoms with van der Waals surface area (Å²) in [5.41, 5.74) is 5.76. The second kappa shape index (κ2) is 7.83. The van der Waals surface area contributed by atoms with Crippen LogP contribution in [0.1, 0.15) is 24.5 Å². The number of carbonyl (C=O) groups excluding carboxylic acids is 2. The molecule has 0 saturated carbocycles. The van der Waals surface area contributed by atoms with Crippen molar-refractivity contribution in [2.45, 2.75) is 18.9 Å². The molecule has 22 heavy (non-hydrogen) atoms. The maximum Gasteiger partial charge on any atom is 0.412 e. The molecule has 0 radical (unpaired) electrons. The Bertz CT molecular complexity index is 613. The molecule has 0 spiro atoms. The molecule has 1 amide bonds. The molecule has 2 aromatic rings. The normalized spacial score (nSPS) is 11.5. The van der Waals surface area contributed by atoms with E-state index in [0.29, 0.717) is 12.2 Å². The summed E-state index contributed by atoms with van der Waals surface area (Å²) in [6.45, 7) is 0. The molecule has 0 fully saturated rings. The van der Waals surface area contributed by atoms with Crippen molar-refractivity contribution in [2.24, 2.45) is 5.73 Å². The van der Waals surface area contributed by atoms with Gasteiger partial charge in [-0.15, -0.1) is 0 Å². The fraction of sp³-hybridized carbons (Fsp3) is 0.176. The smallest absolute Gasteiger partial charge is 0.412 e. The fourth-order valence-electron chi connectivity index (χ4n) is 2.04. The van der Waals surface area contributed by atoms with Crippen LogP contribution < -0.4 is 10.5 Å². The lowest BCUT2D eigenvalue weighted by Gasteiger charge is -2.19. The molecule has 2 rings (SSSR count). The molecule has 5 nitrogen and oxygen atoms in total. The first-order valence-electron chi connectivity index (χ1n) is 6.92. The highest BCUT2D eigenvalue weighted by atomic mass is 16.6. The Balaban J connectivity index is 2.05. The minimum atomic E-state index is -1.09. The zero-order valence-electron chi connectivity index (χ0n) is 12.0. The van der Waals surface area contributed by atoms with Gasteiger partial charge in [0.05, 0.1) is 0 Å². The SMILES string of the molecule is NC(=O)OC(=O)CCC(Oc1ccccc1)c1ccccc1. The van der Waals surface area contributed by atoms with E-state index in [-0.39, 0.29) is 12.5 Å². The Kier molecular flexibility index (Phi) is 5.54. The molecule has 2 N–H and O–H groups in total. The number of hydrogen-bond acceptors (Lipinski definition) is 4. The largest absolute Gasteiger partial charge is 0.486 e. The van der Waals surface area contributed by atoms with Gasteiger partial charge >= 0.3 is 12.1 Å². The molecule has 5 heteroatoms. The van der Waals surface area contributed by atoms with Gasteiger partial charge in [-0.3, -0.25) is 4.79 Å². The van der Waals surface area contributed by atoms with Gasteiger partial charge in [-0.1, -0.05) is 48.5 Å². The molecule has 0 aliphatic rings. The summed E-state index contributed by atoms with van der Waals surface area (Å²) in [7, 11) is 0. The molecule has 0 aliphatic carbocycles. The average Bonchev–Trinajstić information content (AvgIpc) is 2.52. The third-order valence-corrected chi connectivity index (χ3v) is 3.02.